The van der Waals surface area contributed by atoms with Crippen molar-refractivity contribution in [1.29, 1.82) is 0 Å². The van der Waals surface area contributed by atoms with Crippen LogP contribution < -0.4 is 5.32 Å². The van der Waals surface area contributed by atoms with Gasteiger partial charge in [-0.05, 0) is 18.4 Å². The monoisotopic (exact) mass is 344 g/mol. The van der Waals surface area contributed by atoms with Crippen LogP contribution in [0.25, 0.3) is 0 Å². The molecule has 10 heteroatoms. The molecule has 2 aromatic heterocycles. The van der Waals surface area contributed by atoms with Crippen LogP contribution in [0.1, 0.15) is 12.0 Å². The molecule has 22 heavy (non-hydrogen) atoms. The van der Waals surface area contributed by atoms with Crippen molar-refractivity contribution >= 4 is 31.9 Å². The molecule has 0 fully saturated rings. The zero-order valence-corrected chi connectivity index (χ0v) is 13.8. The molecule has 0 aliphatic heterocycles. The summed E-state index contributed by atoms with van der Waals surface area (Å²) in [5.41, 5.74) is 0.883. The zero-order valence-electron chi connectivity index (χ0n) is 12.1. The van der Waals surface area contributed by atoms with E-state index in [0.717, 1.165) is 42.1 Å². The van der Waals surface area contributed by atoms with E-state index in [2.05, 4.69) is 10.4 Å². The summed E-state index contributed by atoms with van der Waals surface area (Å²) in [5, 5.41) is 18.3. The highest BCUT2D eigenvalue weighted by atomic mass is 32.2. The quantitative estimate of drug-likeness (QED) is 0.466. The normalized spacial score (nSPS) is 11.5. The topological polar surface area (TPSA) is 107 Å². The Hall–Kier alpha value is -1.94. The van der Waals surface area contributed by atoms with Crippen LogP contribution in [-0.4, -0.2) is 35.9 Å². The first-order valence-corrected chi connectivity index (χ1v) is 9.18. The van der Waals surface area contributed by atoms with Crippen molar-refractivity contribution in [1.82, 2.24) is 9.78 Å². The molecule has 0 radical (unpaired) electrons. The zero-order chi connectivity index (χ0) is 16.3. The molecule has 0 atom stereocenters. The Bertz CT molecular complexity index is 779. The van der Waals surface area contributed by atoms with Crippen molar-refractivity contribution < 1.29 is 13.3 Å². The van der Waals surface area contributed by atoms with Crippen LogP contribution in [0.3, 0.4) is 0 Å². The minimum atomic E-state index is -3.45. The van der Waals surface area contributed by atoms with E-state index >= 15 is 0 Å². The molecule has 2 heterocycles. The standard InChI is InChI=1S/C12H16N4O4S2/c1-15-8-9(7-14-15)4-3-5-13-12-10(16(17)18)6-11(21-12)22(2,19)20/h6-8,13H,3-5H2,1-2H3. The fourth-order valence-electron chi connectivity index (χ4n) is 1.90. The number of hydrogen-bond donors (Lipinski definition) is 1. The van der Waals surface area contributed by atoms with E-state index in [1.54, 1.807) is 10.9 Å². The Morgan fingerprint density at radius 2 is 2.23 bits per heavy atom. The third kappa shape index (κ3) is 4.04. The summed E-state index contributed by atoms with van der Waals surface area (Å²) in [6, 6.07) is 1.10. The Morgan fingerprint density at radius 1 is 1.50 bits per heavy atom. The Balaban J connectivity index is 1.99. The maximum absolute atomic E-state index is 11.5. The summed E-state index contributed by atoms with van der Waals surface area (Å²) in [6.07, 6.45) is 6.27. The average molecular weight is 344 g/mol. The summed E-state index contributed by atoms with van der Waals surface area (Å²) in [6.45, 7) is 0.513. The summed E-state index contributed by atoms with van der Waals surface area (Å²) in [4.78, 5) is 10.4. The smallest absolute Gasteiger partial charge is 0.304 e. The number of anilines is 1. The first kappa shape index (κ1) is 16.4. The van der Waals surface area contributed by atoms with Crippen LogP contribution >= 0.6 is 11.3 Å². The molecule has 0 aromatic carbocycles. The second-order valence-corrected chi connectivity index (χ2v) is 8.16. The predicted molar refractivity (Wildman–Crippen MR) is 84.1 cm³/mol. The molecule has 0 amide bonds. The lowest BCUT2D eigenvalue weighted by atomic mass is 10.2. The minimum Gasteiger partial charge on any atom is -0.371 e. The highest BCUT2D eigenvalue weighted by molar-refractivity contribution is 7.92. The second kappa shape index (κ2) is 6.44. The molecule has 2 aromatic rings. The lowest BCUT2D eigenvalue weighted by Gasteiger charge is -2.02. The number of thiophene rings is 1. The summed E-state index contributed by atoms with van der Waals surface area (Å²) >= 11 is 0.888. The fraction of sp³-hybridized carbons (Fsp3) is 0.417. The number of hydrogen-bond acceptors (Lipinski definition) is 7. The maximum Gasteiger partial charge on any atom is 0.304 e. The van der Waals surface area contributed by atoms with Crippen LogP contribution in [0.15, 0.2) is 22.7 Å². The van der Waals surface area contributed by atoms with Gasteiger partial charge in [0.05, 0.1) is 11.1 Å². The van der Waals surface area contributed by atoms with E-state index in [9.17, 15) is 18.5 Å². The highest BCUT2D eigenvalue weighted by Gasteiger charge is 2.23. The molecule has 0 unspecified atom stereocenters. The number of rotatable bonds is 7. The molecule has 0 spiro atoms. The molecular weight excluding hydrogens is 328 g/mol. The summed E-state index contributed by atoms with van der Waals surface area (Å²) in [5.74, 6) is 0. The first-order chi connectivity index (χ1) is 10.3. The van der Waals surface area contributed by atoms with Gasteiger partial charge in [0.1, 0.15) is 4.21 Å². The lowest BCUT2D eigenvalue weighted by molar-refractivity contribution is -0.383. The Morgan fingerprint density at radius 3 is 2.77 bits per heavy atom. The lowest BCUT2D eigenvalue weighted by Crippen LogP contribution is -2.03. The molecule has 0 aliphatic carbocycles. The number of aryl methyl sites for hydroxylation is 2. The number of nitrogens with one attached hydrogen (secondary N) is 1. The number of aromatic nitrogens is 2. The third-order valence-corrected chi connectivity index (χ3v) is 5.82. The predicted octanol–water partition coefficient (Wildman–Crippen LogP) is 1.84. The second-order valence-electron chi connectivity index (χ2n) is 4.86. The van der Waals surface area contributed by atoms with Crippen molar-refractivity contribution in [3.8, 4) is 0 Å². The van der Waals surface area contributed by atoms with Crippen molar-refractivity contribution in [3.05, 3.63) is 34.1 Å². The van der Waals surface area contributed by atoms with E-state index in [1.165, 1.54) is 0 Å². The largest absolute Gasteiger partial charge is 0.371 e. The van der Waals surface area contributed by atoms with Crippen molar-refractivity contribution in [2.45, 2.75) is 17.1 Å². The number of nitrogens with zero attached hydrogens (tertiary/aromatic N) is 3. The van der Waals surface area contributed by atoms with Gasteiger partial charge in [0.15, 0.2) is 14.8 Å². The van der Waals surface area contributed by atoms with E-state index in [0.29, 0.717) is 6.54 Å². The fourth-order valence-corrected chi connectivity index (χ4v) is 3.87. The number of sulfone groups is 1. The molecular formula is C12H16N4O4S2. The summed E-state index contributed by atoms with van der Waals surface area (Å²) < 4.78 is 24.7. The van der Waals surface area contributed by atoms with E-state index in [-0.39, 0.29) is 14.9 Å². The van der Waals surface area contributed by atoms with Gasteiger partial charge < -0.3 is 5.32 Å². The van der Waals surface area contributed by atoms with Gasteiger partial charge in [-0.3, -0.25) is 14.8 Å². The molecule has 2 rings (SSSR count). The van der Waals surface area contributed by atoms with E-state index in [4.69, 9.17) is 0 Å². The first-order valence-electron chi connectivity index (χ1n) is 6.47. The number of nitro groups is 1. The van der Waals surface area contributed by atoms with Crippen LogP contribution in [-0.2, 0) is 23.3 Å². The average Bonchev–Trinajstić information content (AvgIpc) is 3.00. The van der Waals surface area contributed by atoms with Crippen molar-refractivity contribution in [3.63, 3.8) is 0 Å². The molecule has 0 aliphatic rings. The van der Waals surface area contributed by atoms with E-state index < -0.39 is 14.8 Å². The molecule has 120 valence electrons. The summed E-state index contributed by atoms with van der Waals surface area (Å²) in [7, 11) is -1.61. The van der Waals surface area contributed by atoms with Gasteiger partial charge in [0.2, 0.25) is 0 Å². The Kier molecular flexibility index (Phi) is 4.81. The maximum atomic E-state index is 11.5. The van der Waals surface area contributed by atoms with Gasteiger partial charge in [-0.2, -0.15) is 5.10 Å². The molecule has 0 bridgehead atoms. The molecule has 0 saturated carbocycles. The van der Waals surface area contributed by atoms with Gasteiger partial charge in [-0.25, -0.2) is 8.42 Å². The van der Waals surface area contributed by atoms with Gasteiger partial charge in [0.25, 0.3) is 0 Å². The molecule has 1 N–H and O–H groups in total. The van der Waals surface area contributed by atoms with Crippen LogP contribution in [0, 0.1) is 10.1 Å². The van der Waals surface area contributed by atoms with Gasteiger partial charge in [0, 0.05) is 32.1 Å². The third-order valence-electron chi connectivity index (χ3n) is 2.94. The van der Waals surface area contributed by atoms with E-state index in [1.807, 2.05) is 13.2 Å². The highest BCUT2D eigenvalue weighted by Crippen LogP contribution is 2.36. The SMILES string of the molecule is Cn1cc(CCCNc2sc(S(C)(=O)=O)cc2[N+](=O)[O-])cn1. The molecule has 8 nitrogen and oxygen atoms in total. The van der Waals surface area contributed by atoms with Crippen LogP contribution in [0.2, 0.25) is 0 Å². The van der Waals surface area contributed by atoms with Crippen molar-refractivity contribution in [2.24, 2.45) is 7.05 Å². The van der Waals surface area contributed by atoms with Gasteiger partial charge in [-0.15, -0.1) is 0 Å². The van der Waals surface area contributed by atoms with Crippen LogP contribution in [0.5, 0.6) is 0 Å². The Labute approximate surface area is 131 Å². The molecule has 0 saturated heterocycles. The minimum absolute atomic E-state index is 0.00559. The van der Waals surface area contributed by atoms with Crippen molar-refractivity contribution in [2.75, 3.05) is 18.1 Å². The van der Waals surface area contributed by atoms with Crippen LogP contribution in [0.4, 0.5) is 10.7 Å². The van der Waals surface area contributed by atoms with Gasteiger partial charge >= 0.3 is 5.69 Å². The van der Waals surface area contributed by atoms with Gasteiger partial charge in [-0.1, -0.05) is 11.3 Å².